The van der Waals surface area contributed by atoms with Crippen molar-refractivity contribution < 1.29 is 9.50 Å². The maximum absolute atomic E-state index is 13.3. The van der Waals surface area contributed by atoms with Gasteiger partial charge in [0.15, 0.2) is 11.6 Å². The van der Waals surface area contributed by atoms with Crippen LogP contribution in [0.4, 0.5) is 10.2 Å². The summed E-state index contributed by atoms with van der Waals surface area (Å²) in [5, 5.41) is 13.2. The fourth-order valence-corrected chi connectivity index (χ4v) is 1.83. The molecule has 0 fully saturated rings. The molecule has 4 nitrogen and oxygen atoms in total. The average molecular weight is 286 g/mol. The Morgan fingerprint density at radius 1 is 1.50 bits per heavy atom. The van der Waals surface area contributed by atoms with E-state index in [1.54, 1.807) is 19.3 Å². The molecule has 0 amide bonds. The zero-order chi connectivity index (χ0) is 11.9. The van der Waals surface area contributed by atoms with Crippen LogP contribution in [0, 0.1) is 5.82 Å². The molecule has 16 heavy (non-hydrogen) atoms. The minimum atomic E-state index is -0.701. The van der Waals surface area contributed by atoms with Crippen LogP contribution < -0.4 is 5.73 Å². The fourth-order valence-electron chi connectivity index (χ4n) is 1.39. The van der Waals surface area contributed by atoms with Crippen molar-refractivity contribution >= 4 is 21.7 Å². The van der Waals surface area contributed by atoms with Crippen LogP contribution in [-0.2, 0) is 7.05 Å². The number of aromatic nitrogens is 2. The van der Waals surface area contributed by atoms with Crippen LogP contribution in [0.1, 0.15) is 0 Å². The topological polar surface area (TPSA) is 64.1 Å². The first-order valence-corrected chi connectivity index (χ1v) is 5.26. The number of phenolic OH excluding ortho intramolecular Hbond substituents is 1. The van der Waals surface area contributed by atoms with E-state index >= 15 is 0 Å². The van der Waals surface area contributed by atoms with Crippen molar-refractivity contribution in [3.63, 3.8) is 0 Å². The molecule has 2 aromatic rings. The summed E-state index contributed by atoms with van der Waals surface area (Å²) in [6.45, 7) is 0. The van der Waals surface area contributed by atoms with Gasteiger partial charge in [0.05, 0.1) is 10.7 Å². The molecule has 1 aromatic heterocycles. The molecule has 1 heterocycles. The molecule has 0 saturated carbocycles. The quantitative estimate of drug-likeness (QED) is 0.845. The molecule has 0 spiro atoms. The van der Waals surface area contributed by atoms with Gasteiger partial charge in [-0.05, 0) is 33.6 Å². The van der Waals surface area contributed by atoms with Gasteiger partial charge >= 0.3 is 0 Å². The number of phenols is 1. The maximum atomic E-state index is 13.3. The van der Waals surface area contributed by atoms with Gasteiger partial charge in [-0.25, -0.2) is 4.39 Å². The maximum Gasteiger partial charge on any atom is 0.166 e. The Labute approximate surface area is 99.6 Å². The first kappa shape index (κ1) is 10.9. The van der Waals surface area contributed by atoms with Crippen LogP contribution in [-0.4, -0.2) is 14.9 Å². The highest BCUT2D eigenvalue weighted by Crippen LogP contribution is 2.34. The third-order valence-electron chi connectivity index (χ3n) is 2.31. The van der Waals surface area contributed by atoms with Gasteiger partial charge in [0, 0.05) is 12.6 Å². The van der Waals surface area contributed by atoms with Crippen molar-refractivity contribution in [3.05, 3.63) is 28.6 Å². The van der Waals surface area contributed by atoms with Crippen molar-refractivity contribution in [2.45, 2.75) is 0 Å². The first-order valence-electron chi connectivity index (χ1n) is 4.46. The molecular formula is C10H9BrFN3O. The molecule has 1 aromatic carbocycles. The van der Waals surface area contributed by atoms with E-state index < -0.39 is 11.6 Å². The van der Waals surface area contributed by atoms with Crippen LogP contribution in [0.5, 0.6) is 5.75 Å². The van der Waals surface area contributed by atoms with Crippen LogP contribution in [0.25, 0.3) is 11.1 Å². The van der Waals surface area contributed by atoms with Crippen LogP contribution in [0.2, 0.25) is 0 Å². The number of rotatable bonds is 1. The summed E-state index contributed by atoms with van der Waals surface area (Å²) in [7, 11) is 1.70. The van der Waals surface area contributed by atoms with E-state index in [-0.39, 0.29) is 4.47 Å². The number of nitrogen functional groups attached to an aromatic ring is 1. The van der Waals surface area contributed by atoms with Crippen molar-refractivity contribution in [2.24, 2.45) is 7.05 Å². The van der Waals surface area contributed by atoms with E-state index in [2.05, 4.69) is 21.0 Å². The Kier molecular flexibility index (Phi) is 2.59. The smallest absolute Gasteiger partial charge is 0.166 e. The third-order valence-corrected chi connectivity index (χ3v) is 2.92. The lowest BCUT2D eigenvalue weighted by atomic mass is 10.1. The number of nitrogens with zero attached hydrogens (tertiary/aromatic N) is 2. The number of hydrogen-bond acceptors (Lipinski definition) is 3. The van der Waals surface area contributed by atoms with E-state index in [4.69, 9.17) is 5.73 Å². The summed E-state index contributed by atoms with van der Waals surface area (Å²) in [5.74, 6) is -0.671. The molecule has 0 atom stereocenters. The summed E-state index contributed by atoms with van der Waals surface area (Å²) < 4.78 is 15.1. The van der Waals surface area contributed by atoms with Gasteiger partial charge in [-0.3, -0.25) is 4.68 Å². The third kappa shape index (κ3) is 1.65. The number of anilines is 1. The highest BCUT2D eigenvalue weighted by molar-refractivity contribution is 9.10. The molecule has 3 N–H and O–H groups in total. The molecule has 0 aliphatic carbocycles. The van der Waals surface area contributed by atoms with Gasteiger partial charge in [-0.2, -0.15) is 5.10 Å². The molecule has 2 rings (SSSR count). The predicted octanol–water partition coefficient (Wildman–Crippen LogP) is 2.28. The zero-order valence-electron chi connectivity index (χ0n) is 8.41. The first-order chi connectivity index (χ1) is 7.50. The lowest BCUT2D eigenvalue weighted by Gasteiger charge is -2.04. The lowest BCUT2D eigenvalue weighted by molar-refractivity contribution is 0.429. The largest absolute Gasteiger partial charge is 0.504 e. The number of hydrogen-bond donors (Lipinski definition) is 2. The number of nitrogens with two attached hydrogens (primary N) is 1. The molecule has 0 unspecified atom stereocenters. The van der Waals surface area contributed by atoms with Gasteiger partial charge in [0.1, 0.15) is 5.82 Å². The van der Waals surface area contributed by atoms with Crippen molar-refractivity contribution in [1.82, 2.24) is 9.78 Å². The summed E-state index contributed by atoms with van der Waals surface area (Å²) in [5.41, 5.74) is 6.96. The number of aryl methyl sites for hydroxylation is 1. The average Bonchev–Trinajstić information content (AvgIpc) is 2.56. The van der Waals surface area contributed by atoms with E-state index in [0.717, 1.165) is 0 Å². The molecule has 0 radical (unpaired) electrons. The van der Waals surface area contributed by atoms with E-state index in [1.807, 2.05) is 0 Å². The van der Waals surface area contributed by atoms with Crippen LogP contribution in [0.15, 0.2) is 22.8 Å². The Bertz CT molecular complexity index is 530. The number of halogens is 2. The second-order valence-corrected chi connectivity index (χ2v) is 4.21. The molecule has 84 valence electrons. The SMILES string of the molecule is Cn1ncc(-c2cc(F)c(O)c(Br)c2)c1N. The highest BCUT2D eigenvalue weighted by atomic mass is 79.9. The summed E-state index contributed by atoms with van der Waals surface area (Å²) >= 11 is 3.07. The van der Waals surface area contributed by atoms with E-state index in [0.29, 0.717) is 16.9 Å². The molecule has 6 heteroatoms. The molecule has 0 aliphatic heterocycles. The molecule has 0 aliphatic rings. The van der Waals surface area contributed by atoms with Crippen molar-refractivity contribution in [3.8, 4) is 16.9 Å². The summed E-state index contributed by atoms with van der Waals surface area (Å²) in [4.78, 5) is 0. The van der Waals surface area contributed by atoms with Crippen molar-refractivity contribution in [2.75, 3.05) is 5.73 Å². The highest BCUT2D eigenvalue weighted by Gasteiger charge is 2.12. The molecule has 0 saturated heterocycles. The Morgan fingerprint density at radius 2 is 2.19 bits per heavy atom. The Balaban J connectivity index is 2.61. The van der Waals surface area contributed by atoms with Crippen LogP contribution in [0.3, 0.4) is 0 Å². The number of benzene rings is 1. The second kappa shape index (κ2) is 3.79. The van der Waals surface area contributed by atoms with E-state index in [1.165, 1.54) is 10.7 Å². The Morgan fingerprint density at radius 3 is 2.69 bits per heavy atom. The summed E-state index contributed by atoms with van der Waals surface area (Å²) in [6, 6.07) is 2.80. The Hall–Kier alpha value is -1.56. The van der Waals surface area contributed by atoms with Gasteiger partial charge in [0.2, 0.25) is 0 Å². The zero-order valence-corrected chi connectivity index (χ0v) is 9.99. The van der Waals surface area contributed by atoms with E-state index in [9.17, 15) is 9.50 Å². The van der Waals surface area contributed by atoms with Crippen LogP contribution >= 0.6 is 15.9 Å². The summed E-state index contributed by atoms with van der Waals surface area (Å²) in [6.07, 6.45) is 1.55. The molecule has 0 bridgehead atoms. The monoisotopic (exact) mass is 285 g/mol. The minimum absolute atomic E-state index is 0.283. The normalized spacial score (nSPS) is 10.7. The minimum Gasteiger partial charge on any atom is -0.504 e. The molecular weight excluding hydrogens is 277 g/mol. The van der Waals surface area contributed by atoms with Gasteiger partial charge in [-0.15, -0.1) is 0 Å². The van der Waals surface area contributed by atoms with Gasteiger partial charge < -0.3 is 10.8 Å². The second-order valence-electron chi connectivity index (χ2n) is 3.36. The van der Waals surface area contributed by atoms with Crippen molar-refractivity contribution in [1.29, 1.82) is 0 Å². The number of aromatic hydroxyl groups is 1. The fraction of sp³-hybridized carbons (Fsp3) is 0.100. The van der Waals surface area contributed by atoms with Gasteiger partial charge in [0.25, 0.3) is 0 Å². The predicted molar refractivity (Wildman–Crippen MR) is 62.4 cm³/mol. The standard InChI is InChI=1S/C10H9BrFN3O/c1-15-10(13)6(4-14-15)5-2-7(11)9(16)8(12)3-5/h2-4,16H,13H2,1H3. The lowest BCUT2D eigenvalue weighted by Crippen LogP contribution is -1.98. The van der Waals surface area contributed by atoms with Gasteiger partial charge in [-0.1, -0.05) is 0 Å².